The van der Waals surface area contributed by atoms with Crippen LogP contribution in [0.1, 0.15) is 31.1 Å². The second kappa shape index (κ2) is 16.0. The third kappa shape index (κ3) is 12.6. The lowest BCUT2D eigenvalue weighted by Gasteiger charge is -1.88. The van der Waals surface area contributed by atoms with E-state index >= 15 is 0 Å². The van der Waals surface area contributed by atoms with Crippen LogP contribution in [0.15, 0.2) is 127 Å². The molecule has 0 aliphatic heterocycles. The molecule has 6 nitrogen and oxygen atoms in total. The molecule has 0 saturated heterocycles. The Hall–Kier alpha value is -4.71. The number of carboxylic acid groups (broad SMARTS) is 3. The minimum Gasteiger partial charge on any atom is -0.478 e. The standard InChI is InChI=1S/3C7H6O2.C6H6/c3*8-7(9)6-4-2-1-3-5-6;1-2-4-6-5-3-1/h3*1-5H,(H,8,9);1-6H. The van der Waals surface area contributed by atoms with Gasteiger partial charge in [0.25, 0.3) is 0 Å². The van der Waals surface area contributed by atoms with Crippen molar-refractivity contribution in [2.75, 3.05) is 0 Å². The Morgan fingerprint density at radius 1 is 0.333 bits per heavy atom. The van der Waals surface area contributed by atoms with Crippen LogP contribution in [0.2, 0.25) is 0 Å². The number of carboxylic acids is 3. The van der Waals surface area contributed by atoms with E-state index in [1.807, 2.05) is 36.4 Å². The second-order valence-corrected chi connectivity index (χ2v) is 6.17. The summed E-state index contributed by atoms with van der Waals surface area (Å²) < 4.78 is 0. The summed E-state index contributed by atoms with van der Waals surface area (Å²) >= 11 is 0. The van der Waals surface area contributed by atoms with Crippen molar-refractivity contribution < 1.29 is 29.7 Å². The Morgan fingerprint density at radius 2 is 0.485 bits per heavy atom. The highest BCUT2D eigenvalue weighted by atomic mass is 16.4. The van der Waals surface area contributed by atoms with Gasteiger partial charge in [-0.2, -0.15) is 0 Å². The van der Waals surface area contributed by atoms with Crippen molar-refractivity contribution in [3.63, 3.8) is 0 Å². The summed E-state index contributed by atoms with van der Waals surface area (Å²) in [5.74, 6) is -2.64. The van der Waals surface area contributed by atoms with Gasteiger partial charge in [-0.3, -0.25) is 0 Å². The van der Waals surface area contributed by atoms with Crippen molar-refractivity contribution in [3.8, 4) is 0 Å². The first-order valence-electron chi connectivity index (χ1n) is 9.77. The Balaban J connectivity index is 0.000000222. The monoisotopic (exact) mass is 444 g/mol. The maximum Gasteiger partial charge on any atom is 0.335 e. The van der Waals surface area contributed by atoms with Crippen molar-refractivity contribution in [1.29, 1.82) is 0 Å². The molecule has 0 saturated carbocycles. The molecule has 168 valence electrons. The van der Waals surface area contributed by atoms with Gasteiger partial charge < -0.3 is 15.3 Å². The number of aromatic carboxylic acids is 3. The van der Waals surface area contributed by atoms with Gasteiger partial charge in [0.05, 0.1) is 16.7 Å². The topological polar surface area (TPSA) is 112 Å². The summed E-state index contributed by atoms with van der Waals surface area (Å²) in [6.07, 6.45) is 0. The van der Waals surface area contributed by atoms with E-state index in [1.54, 1.807) is 91.0 Å². The number of benzene rings is 4. The first-order chi connectivity index (χ1) is 15.9. The molecular weight excluding hydrogens is 420 g/mol. The highest BCUT2D eigenvalue weighted by molar-refractivity contribution is 5.88. The van der Waals surface area contributed by atoms with E-state index in [0.717, 1.165) is 0 Å². The van der Waals surface area contributed by atoms with Gasteiger partial charge >= 0.3 is 17.9 Å². The third-order valence-corrected chi connectivity index (χ3v) is 3.73. The Kier molecular flexibility index (Phi) is 12.8. The summed E-state index contributed by atoms with van der Waals surface area (Å²) in [5, 5.41) is 25.2. The van der Waals surface area contributed by atoms with E-state index in [4.69, 9.17) is 15.3 Å². The maximum absolute atomic E-state index is 10.2. The molecule has 0 spiro atoms. The Morgan fingerprint density at radius 3 is 0.606 bits per heavy atom. The smallest absolute Gasteiger partial charge is 0.335 e. The van der Waals surface area contributed by atoms with Crippen LogP contribution >= 0.6 is 0 Å². The molecule has 0 atom stereocenters. The molecule has 6 heteroatoms. The van der Waals surface area contributed by atoms with Gasteiger partial charge in [0.1, 0.15) is 0 Å². The van der Waals surface area contributed by atoms with Crippen molar-refractivity contribution in [2.45, 2.75) is 0 Å². The third-order valence-electron chi connectivity index (χ3n) is 3.73. The van der Waals surface area contributed by atoms with Crippen LogP contribution in [0.4, 0.5) is 0 Å². The summed E-state index contributed by atoms with van der Waals surface area (Å²) in [5.41, 5.74) is 0.993. The molecule has 0 aromatic heterocycles. The van der Waals surface area contributed by atoms with E-state index < -0.39 is 17.9 Å². The molecule has 0 bridgehead atoms. The summed E-state index contributed by atoms with van der Waals surface area (Å²) in [7, 11) is 0. The fourth-order valence-corrected chi connectivity index (χ4v) is 2.13. The molecule has 0 unspecified atom stereocenters. The van der Waals surface area contributed by atoms with Gasteiger partial charge in [-0.05, 0) is 36.4 Å². The first-order valence-corrected chi connectivity index (χ1v) is 9.77. The Labute approximate surface area is 192 Å². The fourth-order valence-electron chi connectivity index (χ4n) is 2.13. The highest BCUT2D eigenvalue weighted by Crippen LogP contribution is 1.97. The van der Waals surface area contributed by atoms with Crippen LogP contribution in [-0.2, 0) is 0 Å². The normalized spacial score (nSPS) is 8.73. The maximum atomic E-state index is 10.2. The zero-order valence-electron chi connectivity index (χ0n) is 17.7. The number of carbonyl (C=O) groups is 3. The van der Waals surface area contributed by atoms with Crippen LogP contribution in [0.25, 0.3) is 0 Å². The molecule has 33 heavy (non-hydrogen) atoms. The van der Waals surface area contributed by atoms with Gasteiger partial charge in [-0.1, -0.05) is 91.0 Å². The van der Waals surface area contributed by atoms with Gasteiger partial charge in [0, 0.05) is 0 Å². The van der Waals surface area contributed by atoms with E-state index in [9.17, 15) is 14.4 Å². The molecule has 0 radical (unpaired) electrons. The predicted octanol–water partition coefficient (Wildman–Crippen LogP) is 5.84. The van der Waals surface area contributed by atoms with Crippen LogP contribution in [0.3, 0.4) is 0 Å². The molecule has 0 amide bonds. The molecule has 0 aliphatic rings. The average Bonchev–Trinajstić information content (AvgIpc) is 2.88. The quantitative estimate of drug-likeness (QED) is 0.366. The molecule has 4 aromatic carbocycles. The van der Waals surface area contributed by atoms with E-state index in [1.165, 1.54) is 0 Å². The number of hydrogen-bond donors (Lipinski definition) is 3. The van der Waals surface area contributed by atoms with E-state index in [-0.39, 0.29) is 0 Å². The van der Waals surface area contributed by atoms with E-state index in [0.29, 0.717) is 16.7 Å². The molecule has 0 heterocycles. The molecule has 4 rings (SSSR count). The van der Waals surface area contributed by atoms with E-state index in [2.05, 4.69) is 0 Å². The SMILES string of the molecule is O=C(O)c1ccccc1.O=C(O)c1ccccc1.O=C(O)c1ccccc1.c1ccccc1. The summed E-state index contributed by atoms with van der Waals surface area (Å²) in [6.45, 7) is 0. The molecule has 0 fully saturated rings. The van der Waals surface area contributed by atoms with Crippen molar-refractivity contribution in [1.82, 2.24) is 0 Å². The van der Waals surface area contributed by atoms with Gasteiger partial charge in [-0.15, -0.1) is 0 Å². The van der Waals surface area contributed by atoms with Crippen LogP contribution in [-0.4, -0.2) is 33.2 Å². The molecule has 4 aromatic rings. The Bertz CT molecular complexity index is 922. The lowest BCUT2D eigenvalue weighted by Crippen LogP contribution is -1.93. The molecule has 0 aliphatic carbocycles. The second-order valence-electron chi connectivity index (χ2n) is 6.17. The number of hydrogen-bond acceptors (Lipinski definition) is 3. The van der Waals surface area contributed by atoms with Crippen molar-refractivity contribution in [3.05, 3.63) is 144 Å². The van der Waals surface area contributed by atoms with Gasteiger partial charge in [0.15, 0.2) is 0 Å². The highest BCUT2D eigenvalue weighted by Gasteiger charge is 1.98. The largest absolute Gasteiger partial charge is 0.478 e. The minimum atomic E-state index is -0.879. The zero-order chi connectivity index (χ0) is 24.3. The van der Waals surface area contributed by atoms with Crippen LogP contribution in [0.5, 0.6) is 0 Å². The minimum absolute atomic E-state index is 0.331. The predicted molar refractivity (Wildman–Crippen MR) is 127 cm³/mol. The van der Waals surface area contributed by atoms with Crippen molar-refractivity contribution in [2.24, 2.45) is 0 Å². The fraction of sp³-hybridized carbons (Fsp3) is 0. The lowest BCUT2D eigenvalue weighted by atomic mass is 10.2. The van der Waals surface area contributed by atoms with Crippen molar-refractivity contribution >= 4 is 17.9 Å². The summed E-state index contributed by atoms with van der Waals surface area (Å²) in [4.78, 5) is 30.6. The van der Waals surface area contributed by atoms with Crippen LogP contribution < -0.4 is 0 Å². The summed E-state index contributed by atoms with van der Waals surface area (Å²) in [6, 6.07) is 36.9. The molecular formula is C27H24O6. The van der Waals surface area contributed by atoms with Gasteiger partial charge in [-0.25, -0.2) is 14.4 Å². The number of rotatable bonds is 3. The zero-order valence-corrected chi connectivity index (χ0v) is 17.7. The average molecular weight is 444 g/mol. The van der Waals surface area contributed by atoms with Gasteiger partial charge in [0.2, 0.25) is 0 Å². The lowest BCUT2D eigenvalue weighted by molar-refractivity contribution is 0.0686. The first kappa shape index (κ1) is 26.3. The molecule has 3 N–H and O–H groups in total. The van der Waals surface area contributed by atoms with Crippen LogP contribution in [0, 0.1) is 0 Å².